The van der Waals surface area contributed by atoms with E-state index in [4.69, 9.17) is 9.15 Å². The van der Waals surface area contributed by atoms with Crippen LogP contribution in [0.25, 0.3) is 11.0 Å². The molecule has 1 aliphatic heterocycles. The second-order valence-electron chi connectivity index (χ2n) is 6.47. The number of rotatable bonds is 4. The van der Waals surface area contributed by atoms with Gasteiger partial charge in [0.25, 0.3) is 0 Å². The van der Waals surface area contributed by atoms with Gasteiger partial charge in [-0.05, 0) is 37.1 Å². The van der Waals surface area contributed by atoms with E-state index < -0.39 is 0 Å². The fourth-order valence-corrected chi connectivity index (χ4v) is 3.46. The largest absolute Gasteiger partial charge is 0.497 e. The van der Waals surface area contributed by atoms with Gasteiger partial charge in [0.1, 0.15) is 23.1 Å². The van der Waals surface area contributed by atoms with E-state index in [1.165, 1.54) is 12.8 Å². The predicted molar refractivity (Wildman–Crippen MR) is 87.2 cm³/mol. The maximum Gasteiger partial charge on any atom is 0.134 e. The molecule has 1 aliphatic carbocycles. The first-order valence-corrected chi connectivity index (χ1v) is 8.21. The van der Waals surface area contributed by atoms with Crippen molar-refractivity contribution in [3.8, 4) is 11.8 Å². The Bertz CT molecular complexity index is 744. The Morgan fingerprint density at radius 1 is 1.30 bits per heavy atom. The third kappa shape index (κ3) is 2.92. The Morgan fingerprint density at radius 2 is 2.17 bits per heavy atom. The van der Waals surface area contributed by atoms with Gasteiger partial charge in [-0.25, -0.2) is 0 Å². The molecule has 1 saturated carbocycles. The number of methoxy groups -OCH3 is 1. The van der Waals surface area contributed by atoms with Crippen LogP contribution in [-0.2, 0) is 6.54 Å². The van der Waals surface area contributed by atoms with Gasteiger partial charge in [-0.1, -0.05) is 0 Å². The van der Waals surface area contributed by atoms with Crippen molar-refractivity contribution < 1.29 is 9.15 Å². The van der Waals surface area contributed by atoms with Crippen molar-refractivity contribution in [2.24, 2.45) is 0 Å². The lowest BCUT2D eigenvalue weighted by Gasteiger charge is -2.38. The zero-order valence-electron chi connectivity index (χ0n) is 13.4. The molecule has 23 heavy (non-hydrogen) atoms. The second-order valence-corrected chi connectivity index (χ2v) is 6.47. The minimum absolute atomic E-state index is 0.0146. The van der Waals surface area contributed by atoms with Crippen molar-refractivity contribution in [3.63, 3.8) is 0 Å². The van der Waals surface area contributed by atoms with Crippen LogP contribution in [0.4, 0.5) is 0 Å². The van der Waals surface area contributed by atoms with Crippen LogP contribution < -0.4 is 4.74 Å². The molecule has 1 aromatic heterocycles. The van der Waals surface area contributed by atoms with E-state index in [0.29, 0.717) is 6.04 Å². The summed E-state index contributed by atoms with van der Waals surface area (Å²) in [5.41, 5.74) is 0.884. The maximum atomic E-state index is 9.44. The topological polar surface area (TPSA) is 52.6 Å². The average Bonchev–Trinajstić information content (AvgIpc) is 3.34. The molecule has 0 N–H and O–H groups in total. The van der Waals surface area contributed by atoms with Gasteiger partial charge in [-0.2, -0.15) is 5.26 Å². The van der Waals surface area contributed by atoms with Crippen molar-refractivity contribution in [3.05, 3.63) is 30.0 Å². The summed E-state index contributed by atoms with van der Waals surface area (Å²) in [5, 5.41) is 10.5. The van der Waals surface area contributed by atoms with E-state index in [-0.39, 0.29) is 6.04 Å². The number of nitrogens with zero attached hydrogens (tertiary/aromatic N) is 3. The summed E-state index contributed by atoms with van der Waals surface area (Å²) in [6.45, 7) is 3.53. The van der Waals surface area contributed by atoms with Gasteiger partial charge in [0.05, 0.1) is 19.7 Å². The van der Waals surface area contributed by atoms with Crippen LogP contribution in [0.3, 0.4) is 0 Å². The molecule has 2 aromatic rings. The number of benzene rings is 1. The molecule has 2 heterocycles. The molecule has 120 valence electrons. The van der Waals surface area contributed by atoms with Gasteiger partial charge >= 0.3 is 0 Å². The van der Waals surface area contributed by atoms with E-state index in [2.05, 4.69) is 21.9 Å². The third-order valence-corrected chi connectivity index (χ3v) is 4.82. The first kappa shape index (κ1) is 14.6. The van der Waals surface area contributed by atoms with Crippen LogP contribution in [0.5, 0.6) is 5.75 Å². The lowest BCUT2D eigenvalue weighted by molar-refractivity contribution is 0.0855. The van der Waals surface area contributed by atoms with Gasteiger partial charge in [-0.3, -0.25) is 9.80 Å². The molecular weight excluding hydrogens is 290 g/mol. The molecule has 0 spiro atoms. The summed E-state index contributed by atoms with van der Waals surface area (Å²) < 4.78 is 11.2. The smallest absolute Gasteiger partial charge is 0.134 e. The molecule has 1 atom stereocenters. The Balaban J connectivity index is 1.46. The van der Waals surface area contributed by atoms with Crippen molar-refractivity contribution in [1.82, 2.24) is 9.80 Å². The molecule has 1 aromatic carbocycles. The number of hydrogen-bond donors (Lipinski definition) is 0. The highest BCUT2D eigenvalue weighted by Gasteiger charge is 2.37. The molecule has 5 heteroatoms. The first-order valence-electron chi connectivity index (χ1n) is 8.21. The van der Waals surface area contributed by atoms with Gasteiger partial charge in [0.2, 0.25) is 0 Å². The van der Waals surface area contributed by atoms with E-state index in [9.17, 15) is 5.26 Å². The Labute approximate surface area is 136 Å². The first-order chi connectivity index (χ1) is 11.3. The number of fused-ring (bicyclic) bond motifs is 1. The Kier molecular flexibility index (Phi) is 3.72. The third-order valence-electron chi connectivity index (χ3n) is 4.82. The highest BCUT2D eigenvalue weighted by molar-refractivity contribution is 5.79. The minimum Gasteiger partial charge on any atom is -0.497 e. The van der Waals surface area contributed by atoms with Crippen LogP contribution in [0.2, 0.25) is 0 Å². The molecular formula is C18H21N3O2. The van der Waals surface area contributed by atoms with Gasteiger partial charge in [0, 0.05) is 31.1 Å². The van der Waals surface area contributed by atoms with Crippen LogP contribution >= 0.6 is 0 Å². The van der Waals surface area contributed by atoms with Crippen molar-refractivity contribution in [2.75, 3.05) is 26.7 Å². The fourth-order valence-electron chi connectivity index (χ4n) is 3.46. The molecule has 0 bridgehead atoms. The van der Waals surface area contributed by atoms with E-state index in [1.807, 2.05) is 18.2 Å². The van der Waals surface area contributed by atoms with Crippen LogP contribution in [0.1, 0.15) is 18.6 Å². The van der Waals surface area contributed by atoms with Crippen LogP contribution in [-0.4, -0.2) is 48.6 Å². The fraction of sp³-hybridized carbons (Fsp3) is 0.500. The van der Waals surface area contributed by atoms with E-state index >= 15 is 0 Å². The van der Waals surface area contributed by atoms with Crippen molar-refractivity contribution in [1.29, 1.82) is 5.26 Å². The average molecular weight is 311 g/mol. The summed E-state index contributed by atoms with van der Waals surface area (Å²) in [4.78, 5) is 4.70. The van der Waals surface area contributed by atoms with E-state index in [1.54, 1.807) is 7.11 Å². The summed E-state index contributed by atoms with van der Waals surface area (Å²) >= 11 is 0. The zero-order valence-corrected chi connectivity index (χ0v) is 13.4. The highest BCUT2D eigenvalue weighted by Crippen LogP contribution is 2.31. The molecule has 2 aliphatic rings. The van der Waals surface area contributed by atoms with Gasteiger partial charge < -0.3 is 9.15 Å². The van der Waals surface area contributed by atoms with Crippen LogP contribution in [0.15, 0.2) is 28.7 Å². The Morgan fingerprint density at radius 3 is 2.91 bits per heavy atom. The number of piperazine rings is 1. The SMILES string of the molecule is COc1ccc2oc(CN3CCN(C4CC4)C(C#N)C3)cc2c1. The quantitative estimate of drug-likeness (QED) is 0.869. The lowest BCUT2D eigenvalue weighted by Crippen LogP contribution is -2.52. The summed E-state index contributed by atoms with van der Waals surface area (Å²) in [5.74, 6) is 1.79. The normalized spacial score (nSPS) is 23.0. The molecule has 5 nitrogen and oxygen atoms in total. The minimum atomic E-state index is 0.0146. The van der Waals surface area contributed by atoms with Gasteiger partial charge in [0.15, 0.2) is 0 Å². The number of hydrogen-bond acceptors (Lipinski definition) is 5. The zero-order chi connectivity index (χ0) is 15.8. The molecule has 4 rings (SSSR count). The molecule has 0 amide bonds. The Hall–Kier alpha value is -2.03. The lowest BCUT2D eigenvalue weighted by atomic mass is 10.1. The number of furan rings is 1. The molecule has 1 unspecified atom stereocenters. The summed E-state index contributed by atoms with van der Waals surface area (Å²) in [6, 6.07) is 11.1. The standard InChI is InChI=1S/C18H21N3O2/c1-22-16-4-5-18-13(8-16)9-17(23-18)12-20-6-7-21(14-2-3-14)15(10-19)11-20/h4-5,8-9,14-15H,2-3,6-7,11-12H2,1H3. The predicted octanol–water partition coefficient (Wildman–Crippen LogP) is 2.61. The molecule has 2 fully saturated rings. The second kappa shape index (κ2) is 5.88. The maximum absolute atomic E-state index is 9.44. The van der Waals surface area contributed by atoms with Crippen LogP contribution in [0, 0.1) is 11.3 Å². The van der Waals surface area contributed by atoms with Crippen molar-refractivity contribution >= 4 is 11.0 Å². The van der Waals surface area contributed by atoms with E-state index in [0.717, 1.165) is 48.7 Å². The van der Waals surface area contributed by atoms with Crippen molar-refractivity contribution in [2.45, 2.75) is 31.5 Å². The summed E-state index contributed by atoms with van der Waals surface area (Å²) in [7, 11) is 1.67. The number of ether oxygens (including phenoxy) is 1. The highest BCUT2D eigenvalue weighted by atomic mass is 16.5. The summed E-state index contributed by atoms with van der Waals surface area (Å²) in [6.07, 6.45) is 2.51. The number of nitriles is 1. The monoisotopic (exact) mass is 311 g/mol. The molecule has 1 saturated heterocycles. The van der Waals surface area contributed by atoms with Gasteiger partial charge in [-0.15, -0.1) is 0 Å². The molecule has 0 radical (unpaired) electrons.